The first-order chi connectivity index (χ1) is 13.6. The predicted octanol–water partition coefficient (Wildman–Crippen LogP) is 1.89. The van der Waals surface area contributed by atoms with Crippen LogP contribution in [0.2, 0.25) is 0 Å². The second-order valence-corrected chi connectivity index (χ2v) is 7.32. The van der Waals surface area contributed by atoms with Gasteiger partial charge in [-0.05, 0) is 36.4 Å². The quantitative estimate of drug-likeness (QED) is 0.802. The fraction of sp³-hybridized carbons (Fsp3) is 0.333. The molecule has 4 heterocycles. The van der Waals surface area contributed by atoms with Crippen molar-refractivity contribution in [3.63, 3.8) is 0 Å². The number of hydrogen-bond acceptors (Lipinski definition) is 5. The lowest BCUT2D eigenvalue weighted by atomic mass is 9.77. The van der Waals surface area contributed by atoms with E-state index in [1.165, 1.54) is 0 Å². The van der Waals surface area contributed by atoms with Crippen LogP contribution in [0.25, 0.3) is 0 Å². The maximum atomic E-state index is 13.3. The summed E-state index contributed by atoms with van der Waals surface area (Å²) < 4.78 is 16.6. The summed E-state index contributed by atoms with van der Waals surface area (Å²) in [6, 6.07) is 10.9. The van der Waals surface area contributed by atoms with Crippen LogP contribution in [0, 0.1) is 11.8 Å². The molecule has 1 aromatic carbocycles. The highest BCUT2D eigenvalue weighted by Crippen LogP contribution is 2.52. The molecule has 2 bridgehead atoms. The maximum Gasteiger partial charge on any atom is 0.234 e. The molecule has 1 unspecified atom stereocenters. The summed E-state index contributed by atoms with van der Waals surface area (Å²) in [4.78, 5) is 27.8. The van der Waals surface area contributed by atoms with E-state index in [1.54, 1.807) is 30.4 Å². The van der Waals surface area contributed by atoms with Gasteiger partial charge in [-0.2, -0.15) is 0 Å². The largest absolute Gasteiger partial charge is 0.497 e. The molecule has 2 aromatic rings. The van der Waals surface area contributed by atoms with Gasteiger partial charge in [0.05, 0.1) is 44.4 Å². The molecule has 7 heteroatoms. The molecule has 4 atom stereocenters. The third-order valence-corrected chi connectivity index (χ3v) is 5.80. The number of amides is 2. The number of furan rings is 1. The topological polar surface area (TPSA) is 81.0 Å². The molecule has 1 spiro atoms. The third kappa shape index (κ3) is 2.46. The van der Waals surface area contributed by atoms with E-state index >= 15 is 0 Å². The molecular weight excluding hydrogens is 360 g/mol. The highest BCUT2D eigenvalue weighted by Gasteiger charge is 2.67. The Bertz CT molecular complexity index is 936. The number of rotatable bonds is 5. The Kier molecular flexibility index (Phi) is 3.80. The minimum Gasteiger partial charge on any atom is -0.497 e. The summed E-state index contributed by atoms with van der Waals surface area (Å²) in [5.74, 6) is 0.0379. The van der Waals surface area contributed by atoms with E-state index in [4.69, 9.17) is 13.9 Å². The van der Waals surface area contributed by atoms with Crippen LogP contribution < -0.4 is 15.0 Å². The number of methoxy groups -OCH3 is 1. The average molecular weight is 380 g/mol. The molecule has 2 fully saturated rings. The van der Waals surface area contributed by atoms with Gasteiger partial charge in [0.1, 0.15) is 17.1 Å². The molecule has 28 heavy (non-hydrogen) atoms. The Morgan fingerprint density at radius 3 is 2.86 bits per heavy atom. The van der Waals surface area contributed by atoms with Gasteiger partial charge in [-0.25, -0.2) is 0 Å². The van der Waals surface area contributed by atoms with Gasteiger partial charge in [0.25, 0.3) is 0 Å². The van der Waals surface area contributed by atoms with E-state index in [2.05, 4.69) is 5.32 Å². The van der Waals surface area contributed by atoms with Gasteiger partial charge in [0, 0.05) is 5.69 Å². The molecule has 1 aromatic heterocycles. The van der Waals surface area contributed by atoms with Crippen LogP contribution in [0.1, 0.15) is 5.76 Å². The maximum absolute atomic E-state index is 13.3. The van der Waals surface area contributed by atoms with E-state index in [1.807, 2.05) is 36.4 Å². The smallest absolute Gasteiger partial charge is 0.234 e. The zero-order valence-electron chi connectivity index (χ0n) is 15.3. The van der Waals surface area contributed by atoms with Crippen molar-refractivity contribution in [1.82, 2.24) is 5.32 Å². The Hall–Kier alpha value is -3.06. The van der Waals surface area contributed by atoms with Crippen molar-refractivity contribution < 1.29 is 23.5 Å². The number of carbonyl (C=O) groups excluding carboxylic acids is 2. The van der Waals surface area contributed by atoms with E-state index < -0.39 is 17.4 Å². The summed E-state index contributed by atoms with van der Waals surface area (Å²) in [6.07, 6.45) is 5.04. The van der Waals surface area contributed by atoms with Crippen LogP contribution >= 0.6 is 0 Å². The normalized spacial score (nSPS) is 30.0. The van der Waals surface area contributed by atoms with Crippen molar-refractivity contribution in [3.8, 4) is 5.75 Å². The summed E-state index contributed by atoms with van der Waals surface area (Å²) in [5.41, 5.74) is 0.0266. The first kappa shape index (κ1) is 17.1. The number of nitrogens with one attached hydrogen (secondary N) is 1. The Morgan fingerprint density at radius 2 is 2.14 bits per heavy atom. The molecule has 144 valence electrons. The van der Waals surface area contributed by atoms with Gasteiger partial charge < -0.3 is 24.1 Å². The first-order valence-corrected chi connectivity index (χ1v) is 9.24. The van der Waals surface area contributed by atoms with Gasteiger partial charge in [0.2, 0.25) is 11.8 Å². The van der Waals surface area contributed by atoms with Crippen LogP contribution in [-0.2, 0) is 20.9 Å². The molecule has 0 aliphatic carbocycles. The molecule has 0 saturated carbocycles. The lowest BCUT2D eigenvalue weighted by molar-refractivity contribution is -0.132. The van der Waals surface area contributed by atoms with Crippen molar-refractivity contribution in [3.05, 3.63) is 60.6 Å². The fourth-order valence-electron chi connectivity index (χ4n) is 4.48. The first-order valence-electron chi connectivity index (χ1n) is 9.24. The lowest BCUT2D eigenvalue weighted by Gasteiger charge is -2.23. The molecule has 7 nitrogen and oxygen atoms in total. The number of benzene rings is 1. The Morgan fingerprint density at radius 1 is 1.32 bits per heavy atom. The van der Waals surface area contributed by atoms with E-state index in [0.29, 0.717) is 12.3 Å². The third-order valence-electron chi connectivity index (χ3n) is 5.80. The number of ether oxygens (including phenoxy) is 2. The van der Waals surface area contributed by atoms with Crippen molar-refractivity contribution in [2.45, 2.75) is 18.2 Å². The molecule has 3 aliphatic rings. The molecule has 1 N–H and O–H groups in total. The number of fused-ring (bicyclic) bond motifs is 1. The number of anilines is 1. The standard InChI is InChI=1S/C21H20N2O5/c1-26-14-6-4-13(5-7-14)23-12-21-9-8-16(28-21)17(18(21)20(23)25)19(24)22-11-15-3-2-10-27-15/h2-10,16-18H,11-12H2,1H3,(H,22,24)/t16-,17?,18-,21+/m0/s1. The van der Waals surface area contributed by atoms with Crippen molar-refractivity contribution in [2.24, 2.45) is 11.8 Å². The summed E-state index contributed by atoms with van der Waals surface area (Å²) in [7, 11) is 1.60. The van der Waals surface area contributed by atoms with Crippen LogP contribution in [0.5, 0.6) is 5.75 Å². The number of nitrogens with zero attached hydrogens (tertiary/aromatic N) is 1. The van der Waals surface area contributed by atoms with E-state index in [0.717, 1.165) is 11.4 Å². The van der Waals surface area contributed by atoms with Gasteiger partial charge >= 0.3 is 0 Å². The highest BCUT2D eigenvalue weighted by atomic mass is 16.5. The molecule has 0 radical (unpaired) electrons. The van der Waals surface area contributed by atoms with Crippen LogP contribution in [0.3, 0.4) is 0 Å². The van der Waals surface area contributed by atoms with Crippen molar-refractivity contribution in [2.75, 3.05) is 18.6 Å². The molecule has 2 saturated heterocycles. The Balaban J connectivity index is 1.38. The average Bonchev–Trinajstić information content (AvgIpc) is 3.48. The molecule has 2 amide bonds. The van der Waals surface area contributed by atoms with Gasteiger partial charge in [0.15, 0.2) is 0 Å². The molecule has 3 aliphatic heterocycles. The summed E-state index contributed by atoms with van der Waals surface area (Å²) in [6.45, 7) is 0.687. The monoisotopic (exact) mass is 380 g/mol. The zero-order valence-corrected chi connectivity index (χ0v) is 15.3. The molecule has 5 rings (SSSR count). The SMILES string of the molecule is COc1ccc(N2C[C@@]34C=C[C@H](O3)C(C(=O)NCc3ccco3)[C@H]4C2=O)cc1. The van der Waals surface area contributed by atoms with Crippen LogP contribution in [-0.4, -0.2) is 37.2 Å². The minimum absolute atomic E-state index is 0.0878. The van der Waals surface area contributed by atoms with Crippen molar-refractivity contribution in [1.29, 1.82) is 0 Å². The minimum atomic E-state index is -0.742. The summed E-state index contributed by atoms with van der Waals surface area (Å²) in [5, 5.41) is 2.88. The highest BCUT2D eigenvalue weighted by molar-refractivity contribution is 6.03. The van der Waals surface area contributed by atoms with Crippen LogP contribution in [0.4, 0.5) is 5.69 Å². The van der Waals surface area contributed by atoms with Gasteiger partial charge in [-0.3, -0.25) is 9.59 Å². The second-order valence-electron chi connectivity index (χ2n) is 7.32. The van der Waals surface area contributed by atoms with Crippen LogP contribution in [0.15, 0.2) is 59.2 Å². The summed E-state index contributed by atoms with van der Waals surface area (Å²) >= 11 is 0. The fourth-order valence-corrected chi connectivity index (χ4v) is 4.48. The second kappa shape index (κ2) is 6.24. The molecular formula is C21H20N2O5. The van der Waals surface area contributed by atoms with Gasteiger partial charge in [-0.1, -0.05) is 12.2 Å². The number of hydrogen-bond donors (Lipinski definition) is 1. The Labute approximate surface area is 161 Å². The number of carbonyl (C=O) groups is 2. The lowest BCUT2D eigenvalue weighted by Crippen LogP contribution is -2.43. The van der Waals surface area contributed by atoms with Crippen molar-refractivity contribution >= 4 is 17.5 Å². The van der Waals surface area contributed by atoms with E-state index in [9.17, 15) is 9.59 Å². The predicted molar refractivity (Wildman–Crippen MR) is 99.6 cm³/mol. The van der Waals surface area contributed by atoms with E-state index in [-0.39, 0.29) is 24.5 Å². The zero-order chi connectivity index (χ0) is 19.3. The van der Waals surface area contributed by atoms with Gasteiger partial charge in [-0.15, -0.1) is 0 Å².